The number of hydrogen-bond donors (Lipinski definition) is 1. The van der Waals surface area contributed by atoms with Gasteiger partial charge in [0.25, 0.3) is 0 Å². The van der Waals surface area contributed by atoms with E-state index in [2.05, 4.69) is 16.8 Å². The molecule has 31 heavy (non-hydrogen) atoms. The van der Waals surface area contributed by atoms with E-state index in [1.54, 1.807) is 12.0 Å². The Balaban J connectivity index is 1.41. The molecule has 2 unspecified atom stereocenters. The van der Waals surface area contributed by atoms with Crippen LogP contribution in [0.15, 0.2) is 48.5 Å². The first kappa shape index (κ1) is 20.9. The lowest BCUT2D eigenvalue weighted by Crippen LogP contribution is -2.35. The lowest BCUT2D eigenvalue weighted by atomic mass is 10.1. The Bertz CT molecular complexity index is 1090. The number of nitrogens with zero attached hydrogens (tertiary/aromatic N) is 3. The third-order valence-corrected chi connectivity index (χ3v) is 5.86. The third kappa shape index (κ3) is 4.26. The molecule has 2 heterocycles. The van der Waals surface area contributed by atoms with Crippen LogP contribution < -0.4 is 10.1 Å². The summed E-state index contributed by atoms with van der Waals surface area (Å²) in [5.74, 6) is 1.15. The number of carbonyl (C=O) groups excluding carboxylic acids is 2. The summed E-state index contributed by atoms with van der Waals surface area (Å²) in [4.78, 5) is 31.9. The first-order chi connectivity index (χ1) is 15.0. The van der Waals surface area contributed by atoms with E-state index in [1.807, 2.05) is 55.5 Å². The topological polar surface area (TPSA) is 76.5 Å². The van der Waals surface area contributed by atoms with E-state index in [0.717, 1.165) is 34.7 Å². The quantitative estimate of drug-likeness (QED) is 0.636. The molecule has 0 aliphatic carbocycles. The van der Waals surface area contributed by atoms with Crippen molar-refractivity contribution in [2.75, 3.05) is 13.7 Å². The van der Waals surface area contributed by atoms with Crippen LogP contribution in [0.2, 0.25) is 0 Å². The lowest BCUT2D eigenvalue weighted by molar-refractivity contribution is -0.129. The van der Waals surface area contributed by atoms with E-state index >= 15 is 0 Å². The van der Waals surface area contributed by atoms with E-state index in [4.69, 9.17) is 9.72 Å². The SMILES string of the molecule is CCn1c(C(C)NC(=O)C2CC(=O)N(Cc3ccc(OC)cc3)C2)nc2ccccc21. The smallest absolute Gasteiger partial charge is 0.226 e. The van der Waals surface area contributed by atoms with Gasteiger partial charge in [-0.15, -0.1) is 0 Å². The zero-order chi connectivity index (χ0) is 22.0. The van der Waals surface area contributed by atoms with Crippen LogP contribution >= 0.6 is 0 Å². The number of carbonyl (C=O) groups is 2. The Labute approximate surface area is 182 Å². The van der Waals surface area contributed by atoms with Crippen LogP contribution in [0.25, 0.3) is 11.0 Å². The maximum absolute atomic E-state index is 12.9. The molecule has 0 saturated carbocycles. The molecule has 2 atom stereocenters. The van der Waals surface area contributed by atoms with Crippen molar-refractivity contribution < 1.29 is 14.3 Å². The molecule has 1 saturated heterocycles. The van der Waals surface area contributed by atoms with Gasteiger partial charge in [-0.3, -0.25) is 9.59 Å². The standard InChI is InChI=1S/C24H28N4O3/c1-4-28-21-8-6-5-7-20(21)26-23(28)16(2)25-24(30)18-13-22(29)27(15-18)14-17-9-11-19(31-3)12-10-17/h5-12,16,18H,4,13-15H2,1-3H3,(H,25,30). The average molecular weight is 421 g/mol. The Morgan fingerprint density at radius 2 is 1.97 bits per heavy atom. The van der Waals surface area contributed by atoms with E-state index in [1.165, 1.54) is 0 Å². The number of fused-ring (bicyclic) bond motifs is 1. The fraction of sp³-hybridized carbons (Fsp3) is 0.375. The molecule has 4 rings (SSSR count). The van der Waals surface area contributed by atoms with Crippen LogP contribution in [0.1, 0.15) is 37.7 Å². The number of methoxy groups -OCH3 is 1. The predicted octanol–water partition coefficient (Wildman–Crippen LogP) is 3.29. The van der Waals surface area contributed by atoms with Crippen LogP contribution in [0.3, 0.4) is 0 Å². The molecular formula is C24H28N4O3. The van der Waals surface area contributed by atoms with Crippen molar-refractivity contribution in [3.8, 4) is 5.75 Å². The molecule has 0 radical (unpaired) electrons. The van der Waals surface area contributed by atoms with Crippen LogP contribution in [0.4, 0.5) is 0 Å². The number of ether oxygens (including phenoxy) is 1. The van der Waals surface area contributed by atoms with E-state index in [9.17, 15) is 9.59 Å². The van der Waals surface area contributed by atoms with Crippen LogP contribution in [-0.4, -0.2) is 39.9 Å². The van der Waals surface area contributed by atoms with Gasteiger partial charge < -0.3 is 19.5 Å². The first-order valence-corrected chi connectivity index (χ1v) is 10.7. The van der Waals surface area contributed by atoms with Gasteiger partial charge >= 0.3 is 0 Å². The number of likely N-dealkylation sites (tertiary alicyclic amines) is 1. The molecule has 1 aliphatic heterocycles. The van der Waals surface area contributed by atoms with Gasteiger partial charge in [-0.2, -0.15) is 0 Å². The maximum Gasteiger partial charge on any atom is 0.226 e. The molecule has 2 aromatic carbocycles. The van der Waals surface area contributed by atoms with Crippen molar-refractivity contribution in [1.82, 2.24) is 19.8 Å². The summed E-state index contributed by atoms with van der Waals surface area (Å²) in [7, 11) is 1.62. The highest BCUT2D eigenvalue weighted by Crippen LogP contribution is 2.24. The number of hydrogen-bond acceptors (Lipinski definition) is 4. The molecule has 1 N–H and O–H groups in total. The number of rotatable bonds is 7. The van der Waals surface area contributed by atoms with Gasteiger partial charge in [0.05, 0.1) is 30.1 Å². The second-order valence-corrected chi connectivity index (χ2v) is 7.96. The van der Waals surface area contributed by atoms with E-state index < -0.39 is 0 Å². The Kier molecular flexibility index (Phi) is 5.93. The average Bonchev–Trinajstić information content (AvgIpc) is 3.34. The summed E-state index contributed by atoms with van der Waals surface area (Å²) in [5, 5.41) is 3.08. The third-order valence-electron chi connectivity index (χ3n) is 5.86. The molecular weight excluding hydrogens is 392 g/mol. The number of amides is 2. The highest BCUT2D eigenvalue weighted by atomic mass is 16.5. The number of para-hydroxylation sites is 2. The number of aromatic nitrogens is 2. The largest absolute Gasteiger partial charge is 0.497 e. The Morgan fingerprint density at radius 3 is 2.68 bits per heavy atom. The zero-order valence-electron chi connectivity index (χ0n) is 18.2. The summed E-state index contributed by atoms with van der Waals surface area (Å²) in [5.41, 5.74) is 2.99. The molecule has 1 fully saturated rings. The number of nitrogens with one attached hydrogen (secondary N) is 1. The van der Waals surface area contributed by atoms with Crippen molar-refractivity contribution in [1.29, 1.82) is 0 Å². The second kappa shape index (κ2) is 8.79. The van der Waals surface area contributed by atoms with Gasteiger partial charge in [-0.05, 0) is 43.7 Å². The number of imidazole rings is 1. The molecule has 7 heteroatoms. The maximum atomic E-state index is 12.9. The van der Waals surface area contributed by atoms with Crippen molar-refractivity contribution >= 4 is 22.8 Å². The monoisotopic (exact) mass is 420 g/mol. The fourth-order valence-electron chi connectivity index (χ4n) is 4.20. The normalized spacial score (nSPS) is 17.2. The highest BCUT2D eigenvalue weighted by molar-refractivity contribution is 5.89. The Morgan fingerprint density at radius 1 is 1.23 bits per heavy atom. The lowest BCUT2D eigenvalue weighted by Gasteiger charge is -2.19. The van der Waals surface area contributed by atoms with Gasteiger partial charge in [0.1, 0.15) is 11.6 Å². The summed E-state index contributed by atoms with van der Waals surface area (Å²) >= 11 is 0. The fourth-order valence-corrected chi connectivity index (χ4v) is 4.20. The molecule has 162 valence electrons. The summed E-state index contributed by atoms with van der Waals surface area (Å²) < 4.78 is 7.30. The van der Waals surface area contributed by atoms with E-state index in [-0.39, 0.29) is 30.2 Å². The van der Waals surface area contributed by atoms with Crippen molar-refractivity contribution in [2.45, 2.75) is 39.4 Å². The van der Waals surface area contributed by atoms with E-state index in [0.29, 0.717) is 13.1 Å². The van der Waals surface area contributed by atoms with Gasteiger partial charge in [0.2, 0.25) is 11.8 Å². The Hall–Kier alpha value is -3.35. The van der Waals surface area contributed by atoms with Crippen molar-refractivity contribution in [3.05, 3.63) is 59.9 Å². The minimum atomic E-state index is -0.354. The summed E-state index contributed by atoms with van der Waals surface area (Å²) in [6.45, 7) is 5.70. The predicted molar refractivity (Wildman–Crippen MR) is 118 cm³/mol. The zero-order valence-corrected chi connectivity index (χ0v) is 18.2. The van der Waals surface area contributed by atoms with Crippen LogP contribution in [0.5, 0.6) is 5.75 Å². The molecule has 7 nitrogen and oxygen atoms in total. The van der Waals surface area contributed by atoms with Gasteiger partial charge in [0.15, 0.2) is 0 Å². The second-order valence-electron chi connectivity index (χ2n) is 7.96. The van der Waals surface area contributed by atoms with Gasteiger partial charge in [-0.25, -0.2) is 4.98 Å². The first-order valence-electron chi connectivity index (χ1n) is 10.7. The van der Waals surface area contributed by atoms with Crippen molar-refractivity contribution in [2.24, 2.45) is 5.92 Å². The molecule has 1 aromatic heterocycles. The van der Waals surface area contributed by atoms with Gasteiger partial charge in [-0.1, -0.05) is 24.3 Å². The highest BCUT2D eigenvalue weighted by Gasteiger charge is 2.35. The number of benzene rings is 2. The minimum absolute atomic E-state index is 0.00409. The number of aryl methyl sites for hydroxylation is 1. The molecule has 0 bridgehead atoms. The minimum Gasteiger partial charge on any atom is -0.497 e. The summed E-state index contributed by atoms with van der Waals surface area (Å²) in [6.07, 6.45) is 0.235. The van der Waals surface area contributed by atoms with Crippen molar-refractivity contribution in [3.63, 3.8) is 0 Å². The van der Waals surface area contributed by atoms with Crippen LogP contribution in [-0.2, 0) is 22.7 Å². The molecule has 2 amide bonds. The molecule has 3 aromatic rings. The van der Waals surface area contributed by atoms with Gasteiger partial charge in [0, 0.05) is 26.1 Å². The molecule has 0 spiro atoms. The molecule has 1 aliphatic rings. The summed E-state index contributed by atoms with van der Waals surface area (Å²) in [6, 6.07) is 15.4. The van der Waals surface area contributed by atoms with Crippen LogP contribution in [0, 0.1) is 5.92 Å².